The van der Waals surface area contributed by atoms with Gasteiger partial charge in [0.25, 0.3) is 0 Å². The van der Waals surface area contributed by atoms with Gasteiger partial charge in [0, 0.05) is 22.6 Å². The van der Waals surface area contributed by atoms with Crippen LogP contribution in [0.5, 0.6) is 0 Å². The molecule has 0 amide bonds. The Morgan fingerprint density at radius 3 is 0.889 bits per heavy atom. The van der Waals surface area contributed by atoms with E-state index in [2.05, 4.69) is 0 Å². The van der Waals surface area contributed by atoms with Crippen LogP contribution in [-0.4, -0.2) is 27.9 Å². The minimum absolute atomic E-state index is 0.240. The number of carbonyl (C=O) groups is 1. The molecule has 0 unspecified atom stereocenters. The molecule has 0 aromatic heterocycles. The smallest absolute Gasteiger partial charge is 0.250 e. The van der Waals surface area contributed by atoms with Crippen LogP contribution in [0.15, 0.2) is 0 Å². The highest BCUT2D eigenvalue weighted by molar-refractivity contribution is 8.06. The first kappa shape index (κ1) is 18.1. The van der Waals surface area contributed by atoms with E-state index in [1.54, 1.807) is 55.4 Å². The molecule has 0 aliphatic rings. The molecule has 0 spiro atoms. The Kier molecular flexibility index (Phi) is 6.10. The van der Waals surface area contributed by atoms with Crippen molar-refractivity contribution >= 4 is 19.5 Å². The lowest BCUT2D eigenvalue weighted by Gasteiger charge is -2.32. The zero-order valence-corrected chi connectivity index (χ0v) is 14.7. The van der Waals surface area contributed by atoms with Crippen molar-refractivity contribution in [3.63, 3.8) is 0 Å². The SMILES string of the molecule is CC(C)P(=O)(C(=O)P(=O)(C(C)C)C(C)C)C(C)C. The molecule has 0 aliphatic carbocycles. The van der Waals surface area contributed by atoms with Crippen molar-refractivity contribution in [2.75, 3.05) is 0 Å². The molecule has 0 N–H and O–H groups in total. The Bertz CT molecular complexity index is 335. The second kappa shape index (κ2) is 6.06. The maximum Gasteiger partial charge on any atom is 0.250 e. The molecule has 0 aromatic rings. The molecule has 18 heavy (non-hydrogen) atoms. The Balaban J connectivity index is 5.89. The predicted octanol–water partition coefficient (Wildman–Crippen LogP) is 5.47. The van der Waals surface area contributed by atoms with Crippen molar-refractivity contribution in [1.82, 2.24) is 0 Å². The van der Waals surface area contributed by atoms with E-state index >= 15 is 0 Å². The van der Waals surface area contributed by atoms with Crippen molar-refractivity contribution in [2.45, 2.75) is 78.0 Å². The van der Waals surface area contributed by atoms with Gasteiger partial charge in [-0.25, -0.2) is 0 Å². The van der Waals surface area contributed by atoms with Crippen molar-refractivity contribution in [3.8, 4) is 0 Å². The topological polar surface area (TPSA) is 51.2 Å². The molecule has 0 radical (unpaired) electrons. The summed E-state index contributed by atoms with van der Waals surface area (Å²) >= 11 is 0. The van der Waals surface area contributed by atoms with E-state index in [0.717, 1.165) is 0 Å². The average molecular weight is 294 g/mol. The van der Waals surface area contributed by atoms with Gasteiger partial charge < -0.3 is 9.13 Å². The predicted molar refractivity (Wildman–Crippen MR) is 81.2 cm³/mol. The molecule has 0 saturated heterocycles. The first-order valence-corrected chi connectivity index (χ1v) is 10.4. The van der Waals surface area contributed by atoms with Crippen LogP contribution in [0.25, 0.3) is 0 Å². The highest BCUT2D eigenvalue weighted by Crippen LogP contribution is 2.71. The number of rotatable bonds is 6. The molecule has 0 heterocycles. The molecule has 0 aromatic carbocycles. The fraction of sp³-hybridized carbons (Fsp3) is 0.923. The van der Waals surface area contributed by atoms with Gasteiger partial charge in [-0.2, -0.15) is 0 Å². The van der Waals surface area contributed by atoms with Gasteiger partial charge >= 0.3 is 0 Å². The van der Waals surface area contributed by atoms with Gasteiger partial charge in [-0.3, -0.25) is 4.79 Å². The first-order chi connectivity index (χ1) is 7.93. The van der Waals surface area contributed by atoms with Crippen LogP contribution in [0.2, 0.25) is 0 Å². The van der Waals surface area contributed by atoms with Gasteiger partial charge in [0.1, 0.15) is 0 Å². The summed E-state index contributed by atoms with van der Waals surface area (Å²) in [5.41, 5.74) is -0.960. The van der Waals surface area contributed by atoms with E-state index in [-0.39, 0.29) is 22.6 Å². The number of carbonyl (C=O) groups excluding carboxylic acids is 1. The van der Waals surface area contributed by atoms with Crippen molar-refractivity contribution in [3.05, 3.63) is 0 Å². The van der Waals surface area contributed by atoms with Crippen LogP contribution in [0, 0.1) is 0 Å². The van der Waals surface area contributed by atoms with Gasteiger partial charge in [-0.15, -0.1) is 0 Å². The third-order valence-electron chi connectivity index (χ3n) is 3.67. The molecule has 0 saturated carbocycles. The van der Waals surface area contributed by atoms with Gasteiger partial charge in [-0.1, -0.05) is 55.4 Å². The largest absolute Gasteiger partial charge is 0.314 e. The Morgan fingerprint density at radius 2 is 0.778 bits per heavy atom. The maximum atomic E-state index is 13.0. The summed E-state index contributed by atoms with van der Waals surface area (Å²) in [6, 6.07) is 0. The van der Waals surface area contributed by atoms with Crippen molar-refractivity contribution < 1.29 is 13.9 Å². The third kappa shape index (κ3) is 2.83. The summed E-state index contributed by atoms with van der Waals surface area (Å²) in [6.45, 7) is 14.4. The quantitative estimate of drug-likeness (QED) is 0.611. The lowest BCUT2D eigenvalue weighted by Crippen LogP contribution is -2.22. The fourth-order valence-corrected chi connectivity index (χ4v) is 11.2. The van der Waals surface area contributed by atoms with E-state index in [4.69, 9.17) is 0 Å². The minimum Gasteiger partial charge on any atom is -0.314 e. The molecule has 108 valence electrons. The summed E-state index contributed by atoms with van der Waals surface area (Å²) in [6.07, 6.45) is 0. The van der Waals surface area contributed by atoms with Gasteiger partial charge in [0.2, 0.25) is 5.27 Å². The van der Waals surface area contributed by atoms with Crippen LogP contribution >= 0.6 is 14.3 Å². The molecule has 0 rings (SSSR count). The van der Waals surface area contributed by atoms with Crippen LogP contribution in [0.1, 0.15) is 55.4 Å². The summed E-state index contributed by atoms with van der Waals surface area (Å²) in [4.78, 5) is 12.7. The summed E-state index contributed by atoms with van der Waals surface area (Å²) in [7, 11) is -6.17. The molecule has 0 bridgehead atoms. The molecular formula is C13H28O3P2. The third-order valence-corrected chi connectivity index (χ3v) is 12.9. The summed E-state index contributed by atoms with van der Waals surface area (Å²) in [5, 5.41) is -0.440. The van der Waals surface area contributed by atoms with Crippen molar-refractivity contribution in [2.24, 2.45) is 0 Å². The monoisotopic (exact) mass is 294 g/mol. The highest BCUT2D eigenvalue weighted by Gasteiger charge is 2.50. The van der Waals surface area contributed by atoms with E-state index in [1.165, 1.54) is 0 Å². The first-order valence-electron chi connectivity index (χ1n) is 6.67. The average Bonchev–Trinajstić information content (AvgIpc) is 2.24. The second-order valence-electron chi connectivity index (χ2n) is 6.08. The summed E-state index contributed by atoms with van der Waals surface area (Å²) < 4.78 is 26.1. The zero-order chi connectivity index (χ0) is 14.9. The molecule has 5 heteroatoms. The maximum absolute atomic E-state index is 13.0. The second-order valence-corrected chi connectivity index (χ2v) is 14.2. The van der Waals surface area contributed by atoms with Gasteiger partial charge in [0.05, 0.1) is 0 Å². The van der Waals surface area contributed by atoms with Gasteiger partial charge in [0.15, 0.2) is 14.3 Å². The number of hydrogen-bond acceptors (Lipinski definition) is 3. The van der Waals surface area contributed by atoms with Crippen LogP contribution < -0.4 is 0 Å². The molecular weight excluding hydrogens is 266 g/mol. The standard InChI is InChI=1S/C13H28O3P2/c1-9(2)17(15,10(3)4)13(14)18(16,11(5)6)12(7)8/h9-12H,1-8H3. The fourth-order valence-electron chi connectivity index (χ4n) is 2.32. The molecule has 0 fully saturated rings. The van der Waals surface area contributed by atoms with Crippen LogP contribution in [0.4, 0.5) is 4.79 Å². The Hall–Kier alpha value is 0.130. The molecule has 0 atom stereocenters. The number of hydrogen-bond donors (Lipinski definition) is 0. The van der Waals surface area contributed by atoms with Crippen molar-refractivity contribution in [1.29, 1.82) is 0 Å². The molecule has 0 aliphatic heterocycles. The Morgan fingerprint density at radius 1 is 0.611 bits per heavy atom. The lowest BCUT2D eigenvalue weighted by atomic mass is 10.5. The normalized spacial score (nSPS) is 14.0. The van der Waals surface area contributed by atoms with E-state index in [9.17, 15) is 13.9 Å². The van der Waals surface area contributed by atoms with E-state index in [1.807, 2.05) is 0 Å². The van der Waals surface area contributed by atoms with Crippen LogP contribution in [-0.2, 0) is 9.13 Å². The van der Waals surface area contributed by atoms with E-state index in [0.29, 0.717) is 0 Å². The Labute approximate surface area is 112 Å². The summed E-state index contributed by atoms with van der Waals surface area (Å²) in [5.74, 6) is 0. The minimum atomic E-state index is -3.09. The van der Waals surface area contributed by atoms with Crippen LogP contribution in [0.3, 0.4) is 0 Å². The molecule has 3 nitrogen and oxygen atoms in total. The lowest BCUT2D eigenvalue weighted by molar-refractivity contribution is 0.271. The zero-order valence-electron chi connectivity index (χ0n) is 12.9. The highest BCUT2D eigenvalue weighted by atomic mass is 31.2. The van der Waals surface area contributed by atoms with E-state index < -0.39 is 19.5 Å². The van der Waals surface area contributed by atoms with Gasteiger partial charge in [-0.05, 0) is 0 Å².